The molecule has 0 saturated carbocycles. The lowest BCUT2D eigenvalue weighted by Gasteiger charge is -2.21. The SMILES string of the molecule is Cl.Cn1c(=O)sc2cc(CN(CCN)CCc3ccccc3)ccc21. The van der Waals surface area contributed by atoms with E-state index in [1.807, 2.05) is 19.2 Å². The molecule has 1 aromatic heterocycles. The number of hydrogen-bond donors (Lipinski definition) is 1. The Balaban J connectivity index is 0.00000225. The Morgan fingerprint density at radius 1 is 1.08 bits per heavy atom. The van der Waals surface area contributed by atoms with Crippen LogP contribution in [-0.2, 0) is 20.0 Å². The van der Waals surface area contributed by atoms with Gasteiger partial charge in [-0.3, -0.25) is 9.69 Å². The molecule has 2 N–H and O–H groups in total. The van der Waals surface area contributed by atoms with Crippen LogP contribution in [0.15, 0.2) is 53.3 Å². The molecule has 0 radical (unpaired) electrons. The van der Waals surface area contributed by atoms with Gasteiger partial charge < -0.3 is 10.3 Å². The van der Waals surface area contributed by atoms with E-state index in [0.29, 0.717) is 6.54 Å². The van der Waals surface area contributed by atoms with Crippen LogP contribution in [0.4, 0.5) is 0 Å². The van der Waals surface area contributed by atoms with E-state index < -0.39 is 0 Å². The minimum Gasteiger partial charge on any atom is -0.329 e. The first-order valence-corrected chi connectivity index (χ1v) is 9.04. The smallest absolute Gasteiger partial charge is 0.307 e. The minimum absolute atomic E-state index is 0. The number of thiazole rings is 1. The lowest BCUT2D eigenvalue weighted by molar-refractivity contribution is 0.276. The summed E-state index contributed by atoms with van der Waals surface area (Å²) in [5, 5.41) is 0. The molecule has 2 aromatic carbocycles. The largest absolute Gasteiger partial charge is 0.329 e. The maximum Gasteiger partial charge on any atom is 0.307 e. The summed E-state index contributed by atoms with van der Waals surface area (Å²) in [6, 6.07) is 16.8. The quantitative estimate of drug-likeness (QED) is 0.688. The van der Waals surface area contributed by atoms with Gasteiger partial charge in [0.15, 0.2) is 0 Å². The molecule has 0 saturated heterocycles. The maximum absolute atomic E-state index is 11.8. The van der Waals surface area contributed by atoms with Crippen molar-refractivity contribution in [1.82, 2.24) is 9.47 Å². The van der Waals surface area contributed by atoms with Gasteiger partial charge in [0.25, 0.3) is 0 Å². The molecule has 6 heteroatoms. The van der Waals surface area contributed by atoms with Crippen LogP contribution >= 0.6 is 23.7 Å². The Labute approximate surface area is 158 Å². The van der Waals surface area contributed by atoms with Gasteiger partial charge in [0.05, 0.1) is 10.2 Å². The molecule has 0 bridgehead atoms. The highest BCUT2D eigenvalue weighted by Gasteiger charge is 2.09. The third-order valence-corrected chi connectivity index (χ3v) is 5.26. The Kier molecular flexibility index (Phi) is 7.20. The molecule has 0 aliphatic heterocycles. The van der Waals surface area contributed by atoms with Crippen LogP contribution in [-0.4, -0.2) is 29.1 Å². The van der Waals surface area contributed by atoms with E-state index in [0.717, 1.165) is 36.3 Å². The predicted molar refractivity (Wildman–Crippen MR) is 109 cm³/mol. The summed E-state index contributed by atoms with van der Waals surface area (Å²) in [6.07, 6.45) is 1.02. The minimum atomic E-state index is 0. The molecule has 0 atom stereocenters. The molecule has 3 rings (SSSR count). The van der Waals surface area contributed by atoms with Crippen molar-refractivity contribution < 1.29 is 0 Å². The lowest BCUT2D eigenvalue weighted by Crippen LogP contribution is -2.31. The molecular weight excluding hydrogens is 354 g/mol. The molecule has 1 heterocycles. The van der Waals surface area contributed by atoms with E-state index in [4.69, 9.17) is 5.73 Å². The summed E-state index contributed by atoms with van der Waals surface area (Å²) >= 11 is 1.31. The molecule has 3 aromatic rings. The van der Waals surface area contributed by atoms with Crippen molar-refractivity contribution in [3.63, 3.8) is 0 Å². The van der Waals surface area contributed by atoms with Gasteiger partial charge in [-0.2, -0.15) is 0 Å². The van der Waals surface area contributed by atoms with Crippen molar-refractivity contribution in [3.05, 3.63) is 69.3 Å². The van der Waals surface area contributed by atoms with Crippen LogP contribution in [0.25, 0.3) is 10.2 Å². The second kappa shape index (κ2) is 9.15. The summed E-state index contributed by atoms with van der Waals surface area (Å²) in [5.74, 6) is 0. The number of nitrogens with zero attached hydrogens (tertiary/aromatic N) is 2. The van der Waals surface area contributed by atoms with Crippen molar-refractivity contribution >= 4 is 34.0 Å². The summed E-state index contributed by atoms with van der Waals surface area (Å²) in [6.45, 7) is 3.35. The summed E-state index contributed by atoms with van der Waals surface area (Å²) in [4.78, 5) is 14.3. The van der Waals surface area contributed by atoms with E-state index in [9.17, 15) is 4.79 Å². The average Bonchev–Trinajstić information content (AvgIpc) is 2.88. The molecule has 134 valence electrons. The van der Waals surface area contributed by atoms with Crippen LogP contribution in [0.5, 0.6) is 0 Å². The fraction of sp³-hybridized carbons (Fsp3) is 0.316. The number of aryl methyl sites for hydroxylation is 1. The molecule has 0 amide bonds. The van der Waals surface area contributed by atoms with Crippen molar-refractivity contribution in [2.24, 2.45) is 12.8 Å². The zero-order valence-electron chi connectivity index (χ0n) is 14.4. The average molecular weight is 378 g/mol. The summed E-state index contributed by atoms with van der Waals surface area (Å²) in [7, 11) is 1.82. The van der Waals surface area contributed by atoms with Crippen molar-refractivity contribution in [1.29, 1.82) is 0 Å². The number of fused-ring (bicyclic) bond motifs is 1. The van der Waals surface area contributed by atoms with Crippen molar-refractivity contribution in [2.75, 3.05) is 19.6 Å². The second-order valence-electron chi connectivity index (χ2n) is 6.03. The molecule has 0 aliphatic carbocycles. The number of nitrogens with two attached hydrogens (primary N) is 1. The van der Waals surface area contributed by atoms with E-state index >= 15 is 0 Å². The third kappa shape index (κ3) is 4.92. The van der Waals surface area contributed by atoms with Gasteiger partial charge in [0, 0.05) is 33.2 Å². The Morgan fingerprint density at radius 3 is 2.56 bits per heavy atom. The van der Waals surface area contributed by atoms with Crippen LogP contribution in [0.1, 0.15) is 11.1 Å². The van der Waals surface area contributed by atoms with Gasteiger partial charge in [-0.15, -0.1) is 12.4 Å². The van der Waals surface area contributed by atoms with E-state index in [2.05, 4.69) is 41.3 Å². The van der Waals surface area contributed by atoms with Gasteiger partial charge in [0.2, 0.25) is 0 Å². The molecular formula is C19H24ClN3OS. The molecule has 0 aliphatic rings. The number of hydrogen-bond acceptors (Lipinski definition) is 4. The topological polar surface area (TPSA) is 51.3 Å². The first-order chi connectivity index (χ1) is 11.7. The number of halogens is 1. The second-order valence-corrected chi connectivity index (χ2v) is 7.02. The maximum atomic E-state index is 11.8. The Bertz CT molecular complexity index is 860. The van der Waals surface area contributed by atoms with E-state index in [-0.39, 0.29) is 17.3 Å². The molecule has 25 heavy (non-hydrogen) atoms. The van der Waals surface area contributed by atoms with Gasteiger partial charge in [-0.25, -0.2) is 0 Å². The van der Waals surface area contributed by atoms with Gasteiger partial charge in [-0.1, -0.05) is 47.7 Å². The molecule has 0 unspecified atom stereocenters. The lowest BCUT2D eigenvalue weighted by atomic mass is 10.1. The van der Waals surface area contributed by atoms with Crippen LogP contribution in [0.2, 0.25) is 0 Å². The summed E-state index contributed by atoms with van der Waals surface area (Å²) < 4.78 is 2.76. The summed E-state index contributed by atoms with van der Waals surface area (Å²) in [5.41, 5.74) is 9.36. The fourth-order valence-corrected chi connectivity index (χ4v) is 3.86. The molecule has 0 fully saturated rings. The van der Waals surface area contributed by atoms with Crippen LogP contribution in [0.3, 0.4) is 0 Å². The van der Waals surface area contributed by atoms with Crippen LogP contribution < -0.4 is 10.6 Å². The number of aromatic nitrogens is 1. The predicted octanol–water partition coefficient (Wildman–Crippen LogP) is 3.03. The van der Waals surface area contributed by atoms with Gasteiger partial charge in [0.1, 0.15) is 0 Å². The normalized spacial score (nSPS) is 11.0. The van der Waals surface area contributed by atoms with E-state index in [1.165, 1.54) is 22.5 Å². The molecule has 0 spiro atoms. The Hall–Kier alpha value is -1.66. The first kappa shape index (κ1) is 19.7. The highest BCUT2D eigenvalue weighted by atomic mass is 35.5. The first-order valence-electron chi connectivity index (χ1n) is 8.22. The van der Waals surface area contributed by atoms with Crippen molar-refractivity contribution in [2.45, 2.75) is 13.0 Å². The zero-order valence-corrected chi connectivity index (χ0v) is 16.0. The monoisotopic (exact) mass is 377 g/mol. The number of rotatable bonds is 7. The highest BCUT2D eigenvalue weighted by Crippen LogP contribution is 2.19. The molecule has 4 nitrogen and oxygen atoms in total. The third-order valence-electron chi connectivity index (χ3n) is 4.27. The van der Waals surface area contributed by atoms with E-state index in [1.54, 1.807) is 4.57 Å². The zero-order chi connectivity index (χ0) is 16.9. The Morgan fingerprint density at radius 2 is 1.84 bits per heavy atom. The highest BCUT2D eigenvalue weighted by molar-refractivity contribution is 7.16. The van der Waals surface area contributed by atoms with Crippen molar-refractivity contribution in [3.8, 4) is 0 Å². The standard InChI is InChI=1S/C19H23N3OS.ClH/c1-21-17-8-7-16(13-18(17)24-19(21)23)14-22(12-10-20)11-9-15-5-3-2-4-6-15;/h2-8,13H,9-12,14,20H2,1H3;1H. The fourth-order valence-electron chi connectivity index (χ4n) is 2.92. The van der Waals surface area contributed by atoms with Gasteiger partial charge in [-0.05, 0) is 29.7 Å². The number of benzene rings is 2. The van der Waals surface area contributed by atoms with Crippen LogP contribution in [0, 0.1) is 0 Å². The van der Waals surface area contributed by atoms with Gasteiger partial charge >= 0.3 is 4.87 Å².